The van der Waals surface area contributed by atoms with E-state index in [0.29, 0.717) is 18.3 Å². The summed E-state index contributed by atoms with van der Waals surface area (Å²) in [6.07, 6.45) is 1.45. The second kappa shape index (κ2) is 14.4. The first-order valence-corrected chi connectivity index (χ1v) is 11.3. The van der Waals surface area contributed by atoms with Gasteiger partial charge in [0.15, 0.2) is 0 Å². The average Bonchev–Trinajstić information content (AvgIpc) is 2.73. The number of benzene rings is 2. The second-order valence-electron chi connectivity index (χ2n) is 9.06. The molecule has 0 aliphatic rings. The zero-order chi connectivity index (χ0) is 24.1. The Hall–Kier alpha value is -2.70. The Kier molecular flexibility index (Phi) is 12.3. The van der Waals surface area contributed by atoms with Gasteiger partial charge in [-0.2, -0.15) is 0 Å². The van der Waals surface area contributed by atoms with E-state index >= 15 is 0 Å². The third kappa shape index (κ3) is 11.1. The molecule has 0 bridgehead atoms. The lowest BCUT2D eigenvalue weighted by molar-refractivity contribution is -0.124. The van der Waals surface area contributed by atoms with Crippen LogP contribution in [0.1, 0.15) is 51.7 Å². The van der Waals surface area contributed by atoms with Crippen molar-refractivity contribution < 1.29 is 9.59 Å². The van der Waals surface area contributed by atoms with Gasteiger partial charge in [-0.15, -0.1) is 0 Å². The minimum Gasteiger partial charge on any atom is -0.368 e. The van der Waals surface area contributed by atoms with Crippen molar-refractivity contribution in [3.63, 3.8) is 0 Å². The monoisotopic (exact) mass is 440 g/mol. The number of primary amides is 2. The number of carbonyl (C=O) groups excluding carboxylic acids is 2. The Morgan fingerprint density at radius 1 is 0.719 bits per heavy atom. The molecular formula is C26H40N4O2. The fourth-order valence-corrected chi connectivity index (χ4v) is 3.43. The van der Waals surface area contributed by atoms with Gasteiger partial charge in [-0.05, 0) is 35.8 Å². The molecule has 0 spiro atoms. The van der Waals surface area contributed by atoms with Gasteiger partial charge in [-0.3, -0.25) is 14.5 Å². The van der Waals surface area contributed by atoms with Gasteiger partial charge >= 0.3 is 0 Å². The summed E-state index contributed by atoms with van der Waals surface area (Å²) in [7, 11) is 0. The number of nitrogens with two attached hydrogens (primary N) is 3. The SMILES string of the molecule is CC(C)C[C@@H](N)C(N)=O.CC(C)C[C@H](C(N)=O)N(Cc1ccccc1)Cc1ccccc1. The van der Waals surface area contributed by atoms with Crippen LogP contribution in [-0.2, 0) is 22.7 Å². The van der Waals surface area contributed by atoms with Crippen LogP contribution in [0.4, 0.5) is 0 Å². The number of rotatable bonds is 11. The Balaban J connectivity index is 0.000000482. The van der Waals surface area contributed by atoms with E-state index in [0.717, 1.165) is 19.5 Å². The summed E-state index contributed by atoms with van der Waals surface area (Å²) in [4.78, 5) is 24.6. The molecule has 0 unspecified atom stereocenters. The maximum atomic E-state index is 12.0. The van der Waals surface area contributed by atoms with Crippen molar-refractivity contribution in [1.82, 2.24) is 4.90 Å². The largest absolute Gasteiger partial charge is 0.368 e. The van der Waals surface area contributed by atoms with Crippen molar-refractivity contribution in [2.24, 2.45) is 29.0 Å². The molecule has 0 fully saturated rings. The maximum absolute atomic E-state index is 12.0. The van der Waals surface area contributed by atoms with Crippen molar-refractivity contribution in [3.8, 4) is 0 Å². The molecule has 2 rings (SSSR count). The van der Waals surface area contributed by atoms with E-state index in [2.05, 4.69) is 43.0 Å². The standard InChI is InChI=1S/C20H26N2O.C6H14N2O/c1-16(2)13-19(20(21)23)22(14-17-9-5-3-6-10-17)15-18-11-7-4-8-12-18;1-4(2)3-5(7)6(8)9/h3-12,16,19H,13-15H2,1-2H3,(H2,21,23);4-5H,3,7H2,1-2H3,(H2,8,9)/t19-;5-/m11/s1. The minimum atomic E-state index is -0.468. The molecule has 0 saturated heterocycles. The summed E-state index contributed by atoms with van der Waals surface area (Å²) in [6, 6.07) is 19.7. The third-order valence-electron chi connectivity index (χ3n) is 5.01. The molecule has 6 N–H and O–H groups in total. The fourth-order valence-electron chi connectivity index (χ4n) is 3.43. The van der Waals surface area contributed by atoms with Gasteiger partial charge in [-0.1, -0.05) is 88.4 Å². The smallest absolute Gasteiger partial charge is 0.234 e. The average molecular weight is 441 g/mol. The number of hydrogen-bond donors (Lipinski definition) is 3. The van der Waals surface area contributed by atoms with Crippen molar-refractivity contribution in [2.75, 3.05) is 0 Å². The van der Waals surface area contributed by atoms with Crippen LogP contribution in [0.2, 0.25) is 0 Å². The molecule has 0 aliphatic heterocycles. The van der Waals surface area contributed by atoms with Crippen LogP contribution in [0.5, 0.6) is 0 Å². The topological polar surface area (TPSA) is 115 Å². The van der Waals surface area contributed by atoms with Gasteiger partial charge in [0.1, 0.15) is 0 Å². The molecule has 2 aromatic carbocycles. The van der Waals surface area contributed by atoms with Crippen molar-refractivity contribution in [2.45, 2.75) is 65.7 Å². The number of carbonyl (C=O) groups is 2. The van der Waals surface area contributed by atoms with Crippen LogP contribution < -0.4 is 17.2 Å². The second-order valence-corrected chi connectivity index (χ2v) is 9.06. The lowest BCUT2D eigenvalue weighted by atomic mass is 10.00. The highest BCUT2D eigenvalue weighted by atomic mass is 16.1. The zero-order valence-electron chi connectivity index (χ0n) is 19.9. The quantitative estimate of drug-likeness (QED) is 0.496. The first-order valence-electron chi connectivity index (χ1n) is 11.3. The van der Waals surface area contributed by atoms with Gasteiger partial charge in [0.05, 0.1) is 12.1 Å². The van der Waals surface area contributed by atoms with E-state index in [9.17, 15) is 9.59 Å². The van der Waals surface area contributed by atoms with E-state index in [4.69, 9.17) is 17.2 Å². The van der Waals surface area contributed by atoms with E-state index in [-0.39, 0.29) is 11.9 Å². The summed E-state index contributed by atoms with van der Waals surface area (Å²) in [5.41, 5.74) is 18.4. The zero-order valence-corrected chi connectivity index (χ0v) is 19.9. The van der Waals surface area contributed by atoms with Gasteiger partial charge in [0, 0.05) is 13.1 Å². The molecule has 32 heavy (non-hydrogen) atoms. The first-order chi connectivity index (χ1) is 15.1. The van der Waals surface area contributed by atoms with Crippen LogP contribution in [0.15, 0.2) is 60.7 Å². The predicted molar refractivity (Wildman–Crippen MR) is 131 cm³/mol. The summed E-state index contributed by atoms with van der Waals surface area (Å²) in [5, 5.41) is 0. The molecule has 2 aromatic rings. The molecule has 2 atom stereocenters. The molecular weight excluding hydrogens is 400 g/mol. The Labute approximate surface area is 193 Å². The summed E-state index contributed by atoms with van der Waals surface area (Å²) in [5.74, 6) is 0.198. The lowest BCUT2D eigenvalue weighted by Gasteiger charge is -2.31. The Bertz CT molecular complexity index is 752. The van der Waals surface area contributed by atoms with Crippen LogP contribution in [0.25, 0.3) is 0 Å². The third-order valence-corrected chi connectivity index (χ3v) is 5.01. The van der Waals surface area contributed by atoms with Gasteiger partial charge in [-0.25, -0.2) is 0 Å². The fraction of sp³-hybridized carbons (Fsp3) is 0.462. The maximum Gasteiger partial charge on any atom is 0.234 e. The summed E-state index contributed by atoms with van der Waals surface area (Å²) < 4.78 is 0. The Morgan fingerprint density at radius 3 is 1.41 bits per heavy atom. The van der Waals surface area contributed by atoms with Crippen molar-refractivity contribution in [1.29, 1.82) is 0 Å². The highest BCUT2D eigenvalue weighted by Gasteiger charge is 2.25. The lowest BCUT2D eigenvalue weighted by Crippen LogP contribution is -2.44. The van der Waals surface area contributed by atoms with Crippen molar-refractivity contribution >= 4 is 11.8 Å². The first kappa shape index (κ1) is 27.3. The molecule has 6 nitrogen and oxygen atoms in total. The predicted octanol–water partition coefficient (Wildman–Crippen LogP) is 3.43. The van der Waals surface area contributed by atoms with Crippen LogP contribution in [-0.4, -0.2) is 28.8 Å². The summed E-state index contributed by atoms with van der Waals surface area (Å²) >= 11 is 0. The molecule has 6 heteroatoms. The minimum absolute atomic E-state index is 0.245. The molecule has 2 amide bonds. The molecule has 0 radical (unpaired) electrons. The van der Waals surface area contributed by atoms with E-state index in [1.165, 1.54) is 11.1 Å². The molecule has 0 aliphatic carbocycles. The number of hydrogen-bond acceptors (Lipinski definition) is 4. The van der Waals surface area contributed by atoms with Gasteiger partial charge in [0.2, 0.25) is 11.8 Å². The molecule has 0 saturated carbocycles. The van der Waals surface area contributed by atoms with Crippen LogP contribution in [0.3, 0.4) is 0 Å². The van der Waals surface area contributed by atoms with E-state index < -0.39 is 11.9 Å². The molecule has 176 valence electrons. The van der Waals surface area contributed by atoms with Crippen molar-refractivity contribution in [3.05, 3.63) is 71.8 Å². The number of nitrogens with zero attached hydrogens (tertiary/aromatic N) is 1. The molecule has 0 heterocycles. The Morgan fingerprint density at radius 2 is 1.12 bits per heavy atom. The van der Waals surface area contributed by atoms with Crippen LogP contribution >= 0.6 is 0 Å². The summed E-state index contributed by atoms with van der Waals surface area (Å²) in [6.45, 7) is 9.69. The highest BCUT2D eigenvalue weighted by Crippen LogP contribution is 2.18. The van der Waals surface area contributed by atoms with E-state index in [1.807, 2.05) is 50.2 Å². The normalized spacial score (nSPS) is 12.9. The number of amides is 2. The van der Waals surface area contributed by atoms with Gasteiger partial charge in [0.25, 0.3) is 0 Å². The highest BCUT2D eigenvalue weighted by molar-refractivity contribution is 5.80. The van der Waals surface area contributed by atoms with Crippen LogP contribution in [0, 0.1) is 11.8 Å². The molecule has 0 aromatic heterocycles. The van der Waals surface area contributed by atoms with E-state index in [1.54, 1.807) is 0 Å². The van der Waals surface area contributed by atoms with Gasteiger partial charge < -0.3 is 17.2 Å².